The third kappa shape index (κ3) is 2.43. The number of aromatic nitrogens is 5. The number of imidazole rings is 1. The Hall–Kier alpha value is -2.89. The first-order valence-corrected chi connectivity index (χ1v) is 9.51. The number of benzene rings is 1. The first-order chi connectivity index (χ1) is 13.0. The van der Waals surface area contributed by atoms with Crippen molar-refractivity contribution < 1.29 is 4.52 Å². The molecular formula is C21H23N5O. The van der Waals surface area contributed by atoms with Gasteiger partial charge in [0, 0.05) is 28.3 Å². The smallest absolute Gasteiger partial charge is 0.141 e. The normalized spacial score (nSPS) is 14.8. The molecule has 0 amide bonds. The topological polar surface area (TPSA) is 83.4 Å². The van der Waals surface area contributed by atoms with Crippen LogP contribution < -0.4 is 0 Å². The van der Waals surface area contributed by atoms with E-state index >= 15 is 0 Å². The number of hydrogen-bond acceptors (Lipinski definition) is 4. The maximum Gasteiger partial charge on any atom is 0.141 e. The molecule has 4 aromatic rings. The number of fused-ring (bicyclic) bond motifs is 1. The van der Waals surface area contributed by atoms with Gasteiger partial charge in [0.2, 0.25) is 0 Å². The van der Waals surface area contributed by atoms with Crippen LogP contribution in [0.25, 0.3) is 33.3 Å². The van der Waals surface area contributed by atoms with Crippen molar-refractivity contribution in [2.75, 3.05) is 0 Å². The van der Waals surface area contributed by atoms with Crippen LogP contribution in [-0.2, 0) is 0 Å². The van der Waals surface area contributed by atoms with Gasteiger partial charge in [0.15, 0.2) is 0 Å². The lowest BCUT2D eigenvalue weighted by Crippen LogP contribution is -2.10. The fraction of sp³-hybridized carbons (Fsp3) is 0.381. The molecule has 0 unspecified atom stereocenters. The van der Waals surface area contributed by atoms with E-state index in [9.17, 15) is 0 Å². The van der Waals surface area contributed by atoms with Crippen LogP contribution in [-0.4, -0.2) is 25.3 Å². The van der Waals surface area contributed by atoms with Crippen molar-refractivity contribution in [1.29, 1.82) is 0 Å². The van der Waals surface area contributed by atoms with Crippen molar-refractivity contribution in [2.45, 2.75) is 52.9 Å². The number of nitrogens with zero attached hydrogens (tertiary/aromatic N) is 3. The maximum atomic E-state index is 5.42. The van der Waals surface area contributed by atoms with E-state index in [4.69, 9.17) is 9.51 Å². The number of nitrogens with one attached hydrogen (secondary N) is 2. The molecule has 6 heteroatoms. The van der Waals surface area contributed by atoms with Gasteiger partial charge in [-0.3, -0.25) is 5.10 Å². The molecule has 138 valence electrons. The summed E-state index contributed by atoms with van der Waals surface area (Å²) in [7, 11) is 0. The van der Waals surface area contributed by atoms with Crippen LogP contribution in [0.5, 0.6) is 0 Å². The van der Waals surface area contributed by atoms with Gasteiger partial charge in [-0.2, -0.15) is 5.10 Å². The highest BCUT2D eigenvalue weighted by Crippen LogP contribution is 2.40. The van der Waals surface area contributed by atoms with Gasteiger partial charge in [-0.05, 0) is 58.2 Å². The van der Waals surface area contributed by atoms with E-state index in [-0.39, 0.29) is 0 Å². The molecule has 6 nitrogen and oxygen atoms in total. The third-order valence-corrected chi connectivity index (χ3v) is 5.82. The lowest BCUT2D eigenvalue weighted by atomic mass is 9.85. The molecule has 0 atom stereocenters. The molecule has 1 saturated carbocycles. The van der Waals surface area contributed by atoms with Crippen LogP contribution in [0.4, 0.5) is 0 Å². The average Bonchev–Trinajstić information content (AvgIpc) is 3.23. The highest BCUT2D eigenvalue weighted by atomic mass is 16.5. The van der Waals surface area contributed by atoms with Gasteiger partial charge >= 0.3 is 0 Å². The Morgan fingerprint density at radius 3 is 2.44 bits per heavy atom. The zero-order chi connectivity index (χ0) is 18.7. The summed E-state index contributed by atoms with van der Waals surface area (Å²) in [5.41, 5.74) is 9.39. The second kappa shape index (κ2) is 5.81. The highest BCUT2D eigenvalue weighted by molar-refractivity contribution is 5.97. The first-order valence-electron chi connectivity index (χ1n) is 9.51. The Morgan fingerprint density at radius 2 is 1.85 bits per heavy atom. The van der Waals surface area contributed by atoms with Gasteiger partial charge < -0.3 is 9.51 Å². The van der Waals surface area contributed by atoms with Crippen molar-refractivity contribution >= 4 is 11.0 Å². The summed E-state index contributed by atoms with van der Waals surface area (Å²) < 4.78 is 5.42. The summed E-state index contributed by atoms with van der Waals surface area (Å²) >= 11 is 0. The lowest BCUT2D eigenvalue weighted by Gasteiger charge is -2.22. The Morgan fingerprint density at radius 1 is 1.04 bits per heavy atom. The van der Waals surface area contributed by atoms with Gasteiger partial charge in [-0.1, -0.05) is 11.6 Å². The van der Waals surface area contributed by atoms with E-state index < -0.39 is 0 Å². The second-order valence-corrected chi connectivity index (χ2v) is 7.68. The SMILES string of the molecule is Cc1n[nH]c(C)c1-c1cc(-c2c(C)noc2C)cc2[nH]c(C3CCC3)nc12. The average molecular weight is 361 g/mol. The molecule has 5 rings (SSSR count). The molecule has 0 saturated heterocycles. The van der Waals surface area contributed by atoms with Gasteiger partial charge in [0.25, 0.3) is 0 Å². The second-order valence-electron chi connectivity index (χ2n) is 7.68. The van der Waals surface area contributed by atoms with Crippen LogP contribution in [0.2, 0.25) is 0 Å². The van der Waals surface area contributed by atoms with Crippen molar-refractivity contribution in [2.24, 2.45) is 0 Å². The molecule has 0 radical (unpaired) electrons. The Kier molecular flexibility index (Phi) is 3.50. The van der Waals surface area contributed by atoms with E-state index in [1.807, 2.05) is 20.8 Å². The van der Waals surface area contributed by atoms with E-state index in [0.717, 1.165) is 62.0 Å². The Bertz CT molecular complexity index is 1120. The minimum absolute atomic E-state index is 0.555. The number of rotatable bonds is 3. The largest absolute Gasteiger partial charge is 0.361 e. The van der Waals surface area contributed by atoms with Crippen molar-refractivity contribution in [3.63, 3.8) is 0 Å². The minimum Gasteiger partial charge on any atom is -0.361 e. The molecule has 2 N–H and O–H groups in total. The summed E-state index contributed by atoms with van der Waals surface area (Å²) in [5, 5.41) is 11.6. The Balaban J connectivity index is 1.81. The van der Waals surface area contributed by atoms with Gasteiger partial charge in [-0.25, -0.2) is 4.98 Å². The summed E-state index contributed by atoms with van der Waals surface area (Å²) in [5.74, 6) is 2.49. The van der Waals surface area contributed by atoms with Crippen molar-refractivity contribution in [1.82, 2.24) is 25.3 Å². The monoisotopic (exact) mass is 361 g/mol. The summed E-state index contributed by atoms with van der Waals surface area (Å²) in [6, 6.07) is 4.37. The van der Waals surface area contributed by atoms with Crippen molar-refractivity contribution in [3.05, 3.63) is 40.8 Å². The van der Waals surface area contributed by atoms with Crippen LogP contribution in [0.15, 0.2) is 16.7 Å². The van der Waals surface area contributed by atoms with Crippen LogP contribution in [0, 0.1) is 27.7 Å². The number of aryl methyl sites for hydroxylation is 4. The highest BCUT2D eigenvalue weighted by Gasteiger charge is 2.25. The summed E-state index contributed by atoms with van der Waals surface area (Å²) in [6.07, 6.45) is 3.73. The van der Waals surface area contributed by atoms with Crippen LogP contribution in [0.1, 0.15) is 53.8 Å². The molecule has 1 aromatic carbocycles. The molecule has 1 aliphatic rings. The van der Waals surface area contributed by atoms with Crippen molar-refractivity contribution in [3.8, 4) is 22.3 Å². The molecule has 1 aliphatic carbocycles. The minimum atomic E-state index is 0.555. The van der Waals surface area contributed by atoms with E-state index in [0.29, 0.717) is 5.92 Å². The maximum absolute atomic E-state index is 5.42. The third-order valence-electron chi connectivity index (χ3n) is 5.82. The molecule has 0 aliphatic heterocycles. The van der Waals surface area contributed by atoms with E-state index in [1.165, 1.54) is 19.3 Å². The molecule has 1 fully saturated rings. The lowest BCUT2D eigenvalue weighted by molar-refractivity contribution is 0.393. The fourth-order valence-corrected chi connectivity index (χ4v) is 4.19. The van der Waals surface area contributed by atoms with Gasteiger partial charge in [0.05, 0.1) is 22.4 Å². The van der Waals surface area contributed by atoms with E-state index in [1.54, 1.807) is 0 Å². The van der Waals surface area contributed by atoms with Crippen LogP contribution >= 0.6 is 0 Å². The summed E-state index contributed by atoms with van der Waals surface area (Å²) in [6.45, 7) is 8.03. The zero-order valence-corrected chi connectivity index (χ0v) is 16.1. The first kappa shape index (κ1) is 16.3. The predicted octanol–water partition coefficient (Wildman–Crippen LogP) is 5.11. The van der Waals surface area contributed by atoms with Gasteiger partial charge in [-0.15, -0.1) is 0 Å². The van der Waals surface area contributed by atoms with Gasteiger partial charge in [0.1, 0.15) is 11.6 Å². The Labute approximate surface area is 157 Å². The molecule has 27 heavy (non-hydrogen) atoms. The molecule has 0 spiro atoms. The van der Waals surface area contributed by atoms with Crippen LogP contribution in [0.3, 0.4) is 0 Å². The quantitative estimate of drug-likeness (QED) is 0.531. The fourth-order valence-electron chi connectivity index (χ4n) is 4.19. The summed E-state index contributed by atoms with van der Waals surface area (Å²) in [4.78, 5) is 8.59. The molecule has 0 bridgehead atoms. The number of H-pyrrole nitrogens is 2. The number of hydrogen-bond donors (Lipinski definition) is 2. The predicted molar refractivity (Wildman–Crippen MR) is 105 cm³/mol. The van der Waals surface area contributed by atoms with E-state index in [2.05, 4.69) is 39.4 Å². The molecule has 3 heterocycles. The standard InChI is InChI=1S/C21H23N5O/c1-10-18(11(2)25-24-10)16-8-15(19-12(3)26-27-13(19)4)9-17-20(16)23-21(22-17)14-6-5-7-14/h8-9,14H,5-7H2,1-4H3,(H,22,23)(H,24,25). The number of aromatic amines is 2. The zero-order valence-electron chi connectivity index (χ0n) is 16.1. The molecule has 3 aromatic heterocycles. The molecular weight excluding hydrogens is 338 g/mol.